The van der Waals surface area contributed by atoms with Crippen molar-refractivity contribution in [2.24, 2.45) is 0 Å². The molecule has 0 fully saturated rings. The number of allylic oxidation sites excluding steroid dienone is 2. The largest absolute Gasteiger partial charge is 0.379 e. The molecule has 0 aliphatic carbocycles. The minimum atomic E-state index is -0.897. The van der Waals surface area contributed by atoms with Gasteiger partial charge in [0.2, 0.25) is 5.91 Å². The molecule has 1 atom stereocenters. The molecule has 0 radical (unpaired) electrons. The van der Waals surface area contributed by atoms with E-state index in [0.717, 1.165) is 104 Å². The number of carbonyl (C=O) groups is 4. The van der Waals surface area contributed by atoms with E-state index in [1.54, 1.807) is 0 Å². The number of ketones is 2. The van der Waals surface area contributed by atoms with Crippen molar-refractivity contribution < 1.29 is 38.1 Å². The Morgan fingerprint density at radius 1 is 0.386 bits per heavy atom. The lowest BCUT2D eigenvalue weighted by Crippen LogP contribution is -2.46. The maximum absolute atomic E-state index is 13.7. The molecule has 13 heteroatoms. The molecule has 0 bridgehead atoms. The van der Waals surface area contributed by atoms with Gasteiger partial charge in [0.15, 0.2) is 5.78 Å². The Bertz CT molecular complexity index is 2630. The van der Waals surface area contributed by atoms with Crippen LogP contribution in [-0.2, 0) is 44.4 Å². The Morgan fingerprint density at radius 3 is 1.16 bits per heavy atom. The molecule has 6 aromatic carbocycles. The van der Waals surface area contributed by atoms with Crippen LogP contribution < -0.4 is 26.6 Å². The van der Waals surface area contributed by atoms with Crippen LogP contribution in [0.15, 0.2) is 194 Å². The Kier molecular flexibility index (Phi) is 34.0. The first kappa shape index (κ1) is 70.0. The van der Waals surface area contributed by atoms with E-state index >= 15 is 0 Å². The van der Waals surface area contributed by atoms with E-state index in [-0.39, 0.29) is 42.8 Å². The van der Waals surface area contributed by atoms with Crippen molar-refractivity contribution in [2.75, 3.05) is 79.0 Å². The standard InChI is InChI=1S/C75H99N5O8/c1-2-3-31-50-76-73(84)77-51-32-11-9-7-5-4-6-8-10-30-49-72(83)80-70(71(82)48-34-55-86-59-61-88-57-53-79-75(66-41-24-15-25-42-66,67-43-26-16-27-44-67)68-45-28-17-29-46-68)62-69(81)47-33-54-85-58-60-87-56-52-78-74(63-35-18-12-19-36-63,64-37-20-13-21-38-64)65-39-22-14-23-40-65/h5,7,12-29,35-46,70,78-79H,2-4,6,8-11,30-34,47-62H2,1H3,(H,80,83)(H2,76,77,84)/b7-5-. The molecular weight excluding hydrogens is 1100 g/mol. The molecule has 13 nitrogen and oxygen atoms in total. The lowest BCUT2D eigenvalue weighted by molar-refractivity contribution is -0.130. The van der Waals surface area contributed by atoms with Crippen LogP contribution in [0.25, 0.3) is 0 Å². The third kappa shape index (κ3) is 24.8. The van der Waals surface area contributed by atoms with E-state index in [0.29, 0.717) is 98.2 Å². The summed E-state index contributed by atoms with van der Waals surface area (Å²) in [5.41, 5.74) is 5.65. The molecule has 0 spiro atoms. The molecule has 1 unspecified atom stereocenters. The van der Waals surface area contributed by atoms with E-state index in [9.17, 15) is 19.2 Å². The maximum Gasteiger partial charge on any atom is 0.314 e. The molecule has 0 aliphatic rings. The minimum Gasteiger partial charge on any atom is -0.379 e. The average molecular weight is 1200 g/mol. The zero-order valence-corrected chi connectivity index (χ0v) is 52.3. The van der Waals surface area contributed by atoms with Crippen molar-refractivity contribution in [1.82, 2.24) is 26.6 Å². The summed E-state index contributed by atoms with van der Waals surface area (Å²) in [7, 11) is 0. The smallest absolute Gasteiger partial charge is 0.314 e. The molecule has 0 aliphatic heterocycles. The predicted molar refractivity (Wildman–Crippen MR) is 354 cm³/mol. The molecule has 472 valence electrons. The summed E-state index contributed by atoms with van der Waals surface area (Å²) >= 11 is 0. The highest BCUT2D eigenvalue weighted by molar-refractivity contribution is 5.93. The first-order valence-corrected chi connectivity index (χ1v) is 32.5. The lowest BCUT2D eigenvalue weighted by atomic mass is 9.77. The number of hydrogen-bond donors (Lipinski definition) is 5. The fraction of sp³-hybridized carbons (Fsp3) is 0.440. The predicted octanol–water partition coefficient (Wildman–Crippen LogP) is 13.3. The van der Waals surface area contributed by atoms with Gasteiger partial charge >= 0.3 is 6.03 Å². The second-order valence-corrected chi connectivity index (χ2v) is 22.3. The van der Waals surface area contributed by atoms with E-state index < -0.39 is 17.1 Å². The molecule has 0 saturated heterocycles. The number of urea groups is 1. The van der Waals surface area contributed by atoms with Gasteiger partial charge < -0.3 is 34.9 Å². The normalized spacial score (nSPS) is 12.0. The van der Waals surface area contributed by atoms with Crippen LogP contribution >= 0.6 is 0 Å². The molecule has 0 heterocycles. The third-order valence-electron chi connectivity index (χ3n) is 15.7. The highest BCUT2D eigenvalue weighted by Gasteiger charge is 2.37. The van der Waals surface area contributed by atoms with Crippen LogP contribution in [0, 0.1) is 0 Å². The monoisotopic (exact) mass is 1200 g/mol. The van der Waals surface area contributed by atoms with Gasteiger partial charge in [-0.05, 0) is 91.2 Å². The van der Waals surface area contributed by atoms with Crippen LogP contribution in [0.3, 0.4) is 0 Å². The Morgan fingerprint density at radius 2 is 0.750 bits per heavy atom. The van der Waals surface area contributed by atoms with Crippen molar-refractivity contribution >= 4 is 23.5 Å². The van der Waals surface area contributed by atoms with Gasteiger partial charge in [-0.3, -0.25) is 25.0 Å². The molecule has 3 amide bonds. The van der Waals surface area contributed by atoms with Gasteiger partial charge in [0.25, 0.3) is 0 Å². The molecule has 0 saturated carbocycles. The highest BCUT2D eigenvalue weighted by atomic mass is 16.5. The van der Waals surface area contributed by atoms with Crippen molar-refractivity contribution in [3.63, 3.8) is 0 Å². The summed E-state index contributed by atoms with van der Waals surface area (Å²) in [5, 5.41) is 16.5. The number of nitrogens with one attached hydrogen (secondary N) is 5. The summed E-state index contributed by atoms with van der Waals surface area (Å²) in [6, 6.07) is 61.9. The van der Waals surface area contributed by atoms with Gasteiger partial charge in [-0.15, -0.1) is 0 Å². The molecular formula is C75H99N5O8. The van der Waals surface area contributed by atoms with E-state index in [2.05, 4.69) is 191 Å². The first-order chi connectivity index (χ1) is 43.4. The molecule has 6 aromatic rings. The van der Waals surface area contributed by atoms with Gasteiger partial charge in [0.1, 0.15) is 5.78 Å². The Hall–Kier alpha value is -7.10. The molecule has 5 N–H and O–H groups in total. The number of unbranched alkanes of at least 4 members (excludes halogenated alkanes) is 8. The number of Topliss-reactive ketones (excluding diaryl/α,β-unsaturated/α-hetero) is 2. The Balaban J connectivity index is 0.888. The first-order valence-electron chi connectivity index (χ1n) is 32.5. The second kappa shape index (κ2) is 42.7. The minimum absolute atomic E-state index is 0.0583. The SMILES string of the molecule is CCCCCNC(=O)NCCCC/C=C\CCCCCCC(=O)NC(CC(=O)CCCOCCOCCNC(c1ccccc1)(c1ccccc1)c1ccccc1)C(=O)CCCOCCOCCNC(c1ccccc1)(c1ccccc1)c1ccccc1. The highest BCUT2D eigenvalue weighted by Crippen LogP contribution is 2.38. The lowest BCUT2D eigenvalue weighted by Gasteiger charge is -2.37. The second-order valence-electron chi connectivity index (χ2n) is 22.3. The van der Waals surface area contributed by atoms with Crippen LogP contribution in [0.1, 0.15) is 149 Å². The summed E-state index contributed by atoms with van der Waals surface area (Å²) in [6.07, 6.45) is 16.9. The van der Waals surface area contributed by atoms with E-state index in [4.69, 9.17) is 18.9 Å². The molecule has 88 heavy (non-hydrogen) atoms. The van der Waals surface area contributed by atoms with Gasteiger partial charge in [0.05, 0.1) is 56.8 Å². The van der Waals surface area contributed by atoms with Gasteiger partial charge in [-0.25, -0.2) is 4.79 Å². The maximum atomic E-state index is 13.7. The van der Waals surface area contributed by atoms with E-state index in [1.165, 1.54) is 0 Å². The zero-order valence-electron chi connectivity index (χ0n) is 52.3. The van der Waals surface area contributed by atoms with Crippen molar-refractivity contribution in [3.05, 3.63) is 228 Å². The third-order valence-corrected chi connectivity index (χ3v) is 15.7. The molecule has 6 rings (SSSR count). The quantitative estimate of drug-likeness (QED) is 0.0141. The van der Waals surface area contributed by atoms with Crippen LogP contribution in [0.2, 0.25) is 0 Å². The fourth-order valence-electron chi connectivity index (χ4n) is 11.1. The van der Waals surface area contributed by atoms with Gasteiger partial charge in [-0.2, -0.15) is 0 Å². The summed E-state index contributed by atoms with van der Waals surface area (Å²) in [5.74, 6) is -0.477. The number of amides is 3. The Labute approximate surface area is 525 Å². The number of hydrogen-bond acceptors (Lipinski definition) is 10. The number of benzene rings is 6. The number of rotatable bonds is 48. The topological polar surface area (TPSA) is 165 Å². The number of ether oxygens (including phenoxy) is 4. The van der Waals surface area contributed by atoms with Crippen molar-refractivity contribution in [2.45, 2.75) is 133 Å². The zero-order chi connectivity index (χ0) is 61.8. The van der Waals surface area contributed by atoms with Crippen LogP contribution in [0.4, 0.5) is 4.79 Å². The van der Waals surface area contributed by atoms with E-state index in [1.807, 2.05) is 36.4 Å². The average Bonchev–Trinajstić information content (AvgIpc) is 1.95. The van der Waals surface area contributed by atoms with Crippen LogP contribution in [0.5, 0.6) is 0 Å². The molecule has 0 aromatic heterocycles. The van der Waals surface area contributed by atoms with Crippen molar-refractivity contribution in [1.29, 1.82) is 0 Å². The van der Waals surface area contributed by atoms with Crippen LogP contribution in [-0.4, -0.2) is 109 Å². The van der Waals surface area contributed by atoms with Gasteiger partial charge in [0, 0.05) is 65.1 Å². The number of carbonyl (C=O) groups excluding carboxylic acids is 4. The van der Waals surface area contributed by atoms with Gasteiger partial charge in [-0.1, -0.05) is 227 Å². The summed E-state index contributed by atoms with van der Waals surface area (Å²) < 4.78 is 23.9. The van der Waals surface area contributed by atoms with Crippen molar-refractivity contribution in [3.8, 4) is 0 Å². The summed E-state index contributed by atoms with van der Waals surface area (Å²) in [4.78, 5) is 52.3. The summed E-state index contributed by atoms with van der Waals surface area (Å²) in [6.45, 7) is 7.93. The fourth-order valence-corrected chi connectivity index (χ4v) is 11.1.